The molecule has 0 aliphatic carbocycles. The monoisotopic (exact) mass is 1120 g/mol. The molecule has 50 heavy (non-hydrogen) atoms. The highest BCUT2D eigenvalue weighted by atomic mass is 127. The third-order valence-corrected chi connectivity index (χ3v) is 8.95. The van der Waals surface area contributed by atoms with Crippen LogP contribution in [0.3, 0.4) is 0 Å². The zero-order valence-corrected chi connectivity index (χ0v) is 33.3. The molecule has 14 nitrogen and oxygen atoms in total. The molecule has 0 fully saturated rings. The molecular weight excluding hydrogens is 1100 g/mol. The topological polar surface area (TPSA) is 202 Å². The molecule has 6 aromatic rings. The zero-order valence-electron chi connectivity index (χ0n) is 24.6. The van der Waals surface area contributed by atoms with E-state index in [1.807, 2.05) is 109 Å². The third-order valence-electron chi connectivity index (χ3n) is 6.48. The van der Waals surface area contributed by atoms with Gasteiger partial charge >= 0.3 is 11.9 Å². The first kappa shape index (κ1) is 36.9. The second kappa shape index (κ2) is 16.5. The van der Waals surface area contributed by atoms with E-state index in [4.69, 9.17) is 10.2 Å². The summed E-state index contributed by atoms with van der Waals surface area (Å²) in [4.78, 5) is 31.2. The van der Waals surface area contributed by atoms with E-state index in [1.54, 1.807) is 18.2 Å². The number of aromatic carboxylic acids is 2. The number of aromatic hydroxyl groups is 2. The van der Waals surface area contributed by atoms with Gasteiger partial charge in [-0.2, -0.15) is 0 Å². The minimum atomic E-state index is -1.25. The number of hydrogen-bond donors (Lipinski definition) is 4. The molecule has 0 spiro atoms. The van der Waals surface area contributed by atoms with E-state index >= 15 is 0 Å². The maximum atomic E-state index is 11.2. The van der Waals surface area contributed by atoms with Gasteiger partial charge in [-0.1, -0.05) is 22.6 Å². The Labute approximate surface area is 336 Å². The van der Waals surface area contributed by atoms with Crippen LogP contribution in [0.1, 0.15) is 32.1 Å². The lowest BCUT2D eigenvalue weighted by Gasteiger charge is -2.06. The van der Waals surface area contributed by atoms with Crippen LogP contribution >= 0.6 is 90.4 Å². The van der Waals surface area contributed by atoms with Crippen molar-refractivity contribution in [3.63, 3.8) is 0 Å². The molecule has 4 N–H and O–H groups in total. The Morgan fingerprint density at radius 3 is 1.42 bits per heavy atom. The summed E-state index contributed by atoms with van der Waals surface area (Å²) in [6, 6.07) is 19.0. The van der Waals surface area contributed by atoms with Crippen LogP contribution in [0.25, 0.3) is 34.2 Å². The zero-order chi connectivity index (χ0) is 35.9. The van der Waals surface area contributed by atoms with E-state index < -0.39 is 23.4 Å². The second-order valence-electron chi connectivity index (χ2n) is 9.55. The molecule has 0 amide bonds. The van der Waals surface area contributed by atoms with Crippen LogP contribution in [-0.4, -0.2) is 72.3 Å². The molecule has 248 valence electrons. The molecule has 4 heterocycles. The lowest BCUT2D eigenvalue weighted by atomic mass is 10.2. The quantitative estimate of drug-likeness (QED) is 0.110. The summed E-state index contributed by atoms with van der Waals surface area (Å²) < 4.78 is 9.56. The van der Waals surface area contributed by atoms with Gasteiger partial charge in [0, 0.05) is 57.3 Å². The van der Waals surface area contributed by atoms with Crippen LogP contribution in [0.2, 0.25) is 0 Å². The molecule has 2 aromatic carbocycles. The Hall–Kier alpha value is -4.40. The molecule has 0 radical (unpaired) electrons. The molecule has 0 atom stereocenters. The first-order valence-corrected chi connectivity index (χ1v) is 17.9. The Bertz CT molecular complexity index is 2250. The smallest absolute Gasteiger partial charge is 0.339 e. The molecular formula is C32H16I4N8O6. The molecule has 18 heteroatoms. The van der Waals surface area contributed by atoms with E-state index in [9.17, 15) is 19.8 Å². The number of carboxylic acids is 2. The number of benzene rings is 2. The number of rotatable bonds is 6. The van der Waals surface area contributed by atoms with Crippen molar-refractivity contribution < 1.29 is 30.0 Å². The summed E-state index contributed by atoms with van der Waals surface area (Å²) >= 11 is 8.04. The molecule has 0 bridgehead atoms. The largest absolute Gasteiger partial charge is 0.507 e. The summed E-state index contributed by atoms with van der Waals surface area (Å²) in [5, 5.41) is 55.1. The van der Waals surface area contributed by atoms with Gasteiger partial charge in [-0.25, -0.2) is 28.9 Å². The van der Waals surface area contributed by atoms with Crippen molar-refractivity contribution >= 4 is 102 Å². The molecule has 0 saturated carbocycles. The Kier molecular flexibility index (Phi) is 12.2. The highest BCUT2D eigenvalue weighted by Gasteiger charge is 2.20. The number of carboxylic acid groups (broad SMARTS) is 2. The maximum absolute atomic E-state index is 11.2. The van der Waals surface area contributed by atoms with E-state index in [1.165, 1.54) is 45.8 Å². The highest BCUT2D eigenvalue weighted by molar-refractivity contribution is 14.1. The standard InChI is InChI=1S/C23H13I2N7O6.C9H3I2N/c24-20-18(27-29-31(20)10-4-6-12(22(35)36)16(33)8-10)14-2-1-3-15(26-14)19-21(25)32(30-28-19)11-5-7-13(23(37)38)17(34)9-11;10-6-4-8-2-1-3-9(12-8)5-7-11/h1-9,33-34H,(H,35,36)(H,37,38);1-3H. The average Bonchev–Trinajstić information content (AvgIpc) is 3.67. The fourth-order valence-electron chi connectivity index (χ4n) is 4.22. The van der Waals surface area contributed by atoms with Gasteiger partial charge in [-0.15, -0.1) is 10.2 Å². The molecule has 0 aliphatic heterocycles. The molecule has 0 saturated heterocycles. The van der Waals surface area contributed by atoms with Gasteiger partial charge in [-0.3, -0.25) is 0 Å². The fraction of sp³-hybridized carbons (Fsp3) is 0. The number of halogens is 4. The first-order valence-electron chi connectivity index (χ1n) is 13.6. The van der Waals surface area contributed by atoms with E-state index in [2.05, 4.69) is 50.3 Å². The predicted octanol–water partition coefficient (Wildman–Crippen LogP) is 6.16. The van der Waals surface area contributed by atoms with Gasteiger partial charge in [0.25, 0.3) is 0 Å². The normalized spacial score (nSPS) is 10.2. The molecule has 0 aliphatic rings. The third kappa shape index (κ3) is 8.31. The summed E-state index contributed by atoms with van der Waals surface area (Å²) in [6.45, 7) is 0. The van der Waals surface area contributed by atoms with Crippen LogP contribution in [0.15, 0.2) is 72.8 Å². The lowest BCUT2D eigenvalue weighted by Crippen LogP contribution is -2.02. The van der Waals surface area contributed by atoms with Gasteiger partial charge in [0.2, 0.25) is 0 Å². The van der Waals surface area contributed by atoms with Crippen molar-refractivity contribution in [3.8, 4) is 65.3 Å². The average molecular weight is 1120 g/mol. The number of hydrogen-bond acceptors (Lipinski definition) is 10. The summed E-state index contributed by atoms with van der Waals surface area (Å²) in [5.41, 5.74) is 3.78. The fourth-order valence-corrected chi connectivity index (χ4v) is 6.29. The molecule has 0 unspecified atom stereocenters. The number of pyridine rings is 2. The van der Waals surface area contributed by atoms with Crippen LogP contribution in [0, 0.1) is 27.1 Å². The van der Waals surface area contributed by atoms with Gasteiger partial charge in [-0.05, 0) is 113 Å². The molecule has 6 rings (SSSR count). The maximum Gasteiger partial charge on any atom is 0.339 e. The van der Waals surface area contributed by atoms with Crippen molar-refractivity contribution in [2.45, 2.75) is 0 Å². The number of nitrogens with zero attached hydrogens (tertiary/aromatic N) is 8. The number of phenols is 2. The van der Waals surface area contributed by atoms with Crippen molar-refractivity contribution in [1.82, 2.24) is 40.0 Å². The SMILES string of the molecule is IC#Cc1cccc(C#CI)n1.O=C(O)c1ccc(-n2nnc(-c3cccc(-c4nnn(-c5ccc(C(=O)O)c(O)c5)c4I)n3)c2I)cc1O. The van der Waals surface area contributed by atoms with E-state index in [0.29, 0.717) is 41.6 Å². The van der Waals surface area contributed by atoms with Crippen LogP contribution < -0.4 is 0 Å². The van der Waals surface area contributed by atoms with Crippen molar-refractivity contribution in [1.29, 1.82) is 0 Å². The van der Waals surface area contributed by atoms with Crippen LogP contribution in [0.4, 0.5) is 0 Å². The Morgan fingerprint density at radius 2 is 1.04 bits per heavy atom. The predicted molar refractivity (Wildman–Crippen MR) is 214 cm³/mol. The van der Waals surface area contributed by atoms with Crippen molar-refractivity contribution in [2.24, 2.45) is 0 Å². The number of carbonyl (C=O) groups is 2. The van der Waals surface area contributed by atoms with Gasteiger partial charge < -0.3 is 20.4 Å². The summed E-state index contributed by atoms with van der Waals surface area (Å²) in [7, 11) is 0. The number of aromatic nitrogens is 8. The van der Waals surface area contributed by atoms with Gasteiger partial charge in [0.15, 0.2) is 0 Å². The second-order valence-corrected chi connectivity index (χ2v) is 12.7. The van der Waals surface area contributed by atoms with Gasteiger partial charge in [0.1, 0.15) is 52.8 Å². The van der Waals surface area contributed by atoms with Crippen LogP contribution in [-0.2, 0) is 0 Å². The summed E-state index contributed by atoms with van der Waals surface area (Å²) in [5.74, 6) is 2.44. The van der Waals surface area contributed by atoms with E-state index in [-0.39, 0.29) is 11.1 Å². The molecule has 4 aromatic heterocycles. The summed E-state index contributed by atoms with van der Waals surface area (Å²) in [6.07, 6.45) is 0. The lowest BCUT2D eigenvalue weighted by molar-refractivity contribution is 0.0682. The van der Waals surface area contributed by atoms with Gasteiger partial charge in [0.05, 0.1) is 22.8 Å². The van der Waals surface area contributed by atoms with Crippen LogP contribution in [0.5, 0.6) is 11.5 Å². The highest BCUT2D eigenvalue weighted by Crippen LogP contribution is 2.30. The Balaban J connectivity index is 0.000000343. The first-order chi connectivity index (χ1) is 24.0. The van der Waals surface area contributed by atoms with Crippen molar-refractivity contribution in [2.75, 3.05) is 0 Å². The van der Waals surface area contributed by atoms with Crippen molar-refractivity contribution in [3.05, 3.63) is 103 Å². The minimum Gasteiger partial charge on any atom is -0.507 e. The Morgan fingerprint density at radius 1 is 0.620 bits per heavy atom. The van der Waals surface area contributed by atoms with E-state index in [0.717, 1.165) is 11.4 Å². The minimum absolute atomic E-state index is 0.228.